The average Bonchev–Trinajstić information content (AvgIpc) is 2.18. The van der Waals surface area contributed by atoms with E-state index in [4.69, 9.17) is 5.11 Å². The molecule has 0 radical (unpaired) electrons. The molecule has 14 heavy (non-hydrogen) atoms. The molecule has 0 aromatic carbocycles. The zero-order valence-corrected chi connectivity index (χ0v) is 9.20. The lowest BCUT2D eigenvalue weighted by molar-refractivity contribution is 0.192. The molecule has 78 valence electrons. The first-order valence-corrected chi connectivity index (χ1v) is 5.95. The lowest BCUT2D eigenvalue weighted by Crippen LogP contribution is -2.01. The number of nitrogens with zero attached hydrogens (tertiary/aromatic N) is 2. The highest BCUT2D eigenvalue weighted by molar-refractivity contribution is 7.99. The maximum Gasteiger partial charge on any atom is 0.115 e. The van der Waals surface area contributed by atoms with Crippen LogP contribution in [0.1, 0.15) is 19.0 Å². The Morgan fingerprint density at radius 2 is 2.36 bits per heavy atom. The Bertz CT molecular complexity index is 241. The van der Waals surface area contributed by atoms with Crippen molar-refractivity contribution >= 4 is 11.8 Å². The van der Waals surface area contributed by atoms with Gasteiger partial charge in [0.1, 0.15) is 6.33 Å². The van der Waals surface area contributed by atoms with Crippen molar-refractivity contribution in [2.75, 3.05) is 11.5 Å². The molecule has 0 fully saturated rings. The summed E-state index contributed by atoms with van der Waals surface area (Å²) >= 11 is 1.86. The van der Waals surface area contributed by atoms with E-state index < -0.39 is 0 Å². The van der Waals surface area contributed by atoms with Gasteiger partial charge in [-0.15, -0.1) is 0 Å². The number of hydrogen-bond donors (Lipinski definition) is 1. The van der Waals surface area contributed by atoms with E-state index in [0.29, 0.717) is 0 Å². The highest BCUT2D eigenvalue weighted by atomic mass is 32.2. The van der Waals surface area contributed by atoms with Gasteiger partial charge in [-0.3, -0.25) is 0 Å². The molecule has 0 aliphatic carbocycles. The summed E-state index contributed by atoms with van der Waals surface area (Å²) in [7, 11) is 0. The molecule has 1 atom stereocenters. The molecule has 1 unspecified atom stereocenters. The Morgan fingerprint density at radius 1 is 1.50 bits per heavy atom. The van der Waals surface area contributed by atoms with Crippen LogP contribution in [0.15, 0.2) is 18.6 Å². The number of aliphatic hydroxyl groups excluding tert-OH is 1. The Labute approximate surface area is 89.0 Å². The lowest BCUT2D eigenvalue weighted by Gasteiger charge is -2.03. The van der Waals surface area contributed by atoms with E-state index in [0.717, 1.165) is 30.0 Å². The van der Waals surface area contributed by atoms with Crippen LogP contribution in [0.5, 0.6) is 0 Å². The number of aliphatic hydroxyl groups is 1. The second-order valence-corrected chi connectivity index (χ2v) is 4.43. The number of rotatable bonds is 6. The molecule has 0 saturated carbocycles. The molecular weight excluding hydrogens is 196 g/mol. The van der Waals surface area contributed by atoms with E-state index in [2.05, 4.69) is 9.97 Å². The quantitative estimate of drug-likeness (QED) is 0.726. The largest absolute Gasteiger partial charge is 0.393 e. The van der Waals surface area contributed by atoms with E-state index >= 15 is 0 Å². The molecule has 1 aromatic rings. The maximum atomic E-state index is 9.03. The van der Waals surface area contributed by atoms with E-state index in [1.54, 1.807) is 12.5 Å². The highest BCUT2D eigenvalue weighted by Crippen LogP contribution is 2.07. The van der Waals surface area contributed by atoms with Gasteiger partial charge in [0.25, 0.3) is 0 Å². The summed E-state index contributed by atoms with van der Waals surface area (Å²) in [5.41, 5.74) is 1.09. The second kappa shape index (κ2) is 6.79. The first kappa shape index (κ1) is 11.5. The van der Waals surface area contributed by atoms with Crippen molar-refractivity contribution in [1.29, 1.82) is 0 Å². The van der Waals surface area contributed by atoms with Gasteiger partial charge in [0, 0.05) is 11.9 Å². The maximum absolute atomic E-state index is 9.03. The first-order chi connectivity index (χ1) is 6.79. The van der Waals surface area contributed by atoms with Crippen LogP contribution < -0.4 is 0 Å². The third kappa shape index (κ3) is 5.19. The fourth-order valence-corrected chi connectivity index (χ4v) is 2.06. The summed E-state index contributed by atoms with van der Waals surface area (Å²) in [6.07, 6.45) is 5.02. The Hall–Kier alpha value is -0.610. The van der Waals surface area contributed by atoms with E-state index in [9.17, 15) is 0 Å². The fraction of sp³-hybridized carbons (Fsp3) is 0.600. The van der Waals surface area contributed by atoms with Crippen molar-refractivity contribution in [1.82, 2.24) is 9.97 Å². The topological polar surface area (TPSA) is 46.0 Å². The molecule has 1 heterocycles. The third-order valence-electron chi connectivity index (χ3n) is 1.83. The fourth-order valence-electron chi connectivity index (χ4n) is 0.999. The summed E-state index contributed by atoms with van der Waals surface area (Å²) in [5, 5.41) is 9.03. The molecule has 1 N–H and O–H groups in total. The molecule has 0 spiro atoms. The van der Waals surface area contributed by atoms with Crippen molar-refractivity contribution in [3.05, 3.63) is 24.3 Å². The van der Waals surface area contributed by atoms with Crippen molar-refractivity contribution in [3.63, 3.8) is 0 Å². The summed E-state index contributed by atoms with van der Waals surface area (Å²) in [4.78, 5) is 8.00. The Morgan fingerprint density at radius 3 is 3.00 bits per heavy atom. The van der Waals surface area contributed by atoms with Gasteiger partial charge in [0.05, 0.1) is 6.10 Å². The zero-order chi connectivity index (χ0) is 10.2. The van der Waals surface area contributed by atoms with Crippen LogP contribution in [0.4, 0.5) is 0 Å². The minimum Gasteiger partial charge on any atom is -0.393 e. The first-order valence-electron chi connectivity index (χ1n) is 4.79. The van der Waals surface area contributed by atoms with Gasteiger partial charge in [0.2, 0.25) is 0 Å². The Balaban J connectivity index is 2.05. The number of thioether (sulfide) groups is 1. The van der Waals surface area contributed by atoms with E-state index in [-0.39, 0.29) is 6.10 Å². The van der Waals surface area contributed by atoms with Crippen LogP contribution in [0.2, 0.25) is 0 Å². The van der Waals surface area contributed by atoms with Gasteiger partial charge in [-0.1, -0.05) is 0 Å². The van der Waals surface area contributed by atoms with Crippen molar-refractivity contribution in [2.24, 2.45) is 0 Å². The van der Waals surface area contributed by atoms with Crippen molar-refractivity contribution in [2.45, 2.75) is 25.9 Å². The molecule has 3 nitrogen and oxygen atoms in total. The second-order valence-electron chi connectivity index (χ2n) is 3.20. The average molecular weight is 212 g/mol. The summed E-state index contributed by atoms with van der Waals surface area (Å²) in [5.74, 6) is 2.08. The summed E-state index contributed by atoms with van der Waals surface area (Å²) < 4.78 is 0. The molecule has 0 amide bonds. The van der Waals surface area contributed by atoms with Gasteiger partial charge in [-0.2, -0.15) is 11.8 Å². The Kier molecular flexibility index (Phi) is 5.56. The molecule has 0 aliphatic heterocycles. The zero-order valence-electron chi connectivity index (χ0n) is 8.39. The summed E-state index contributed by atoms with van der Waals surface area (Å²) in [6, 6.07) is 1.94. The molecule has 0 bridgehead atoms. The lowest BCUT2D eigenvalue weighted by atomic mass is 10.3. The van der Waals surface area contributed by atoms with Crippen LogP contribution in [-0.4, -0.2) is 32.7 Å². The van der Waals surface area contributed by atoms with Crippen LogP contribution >= 0.6 is 11.8 Å². The normalized spacial score (nSPS) is 12.7. The van der Waals surface area contributed by atoms with E-state index in [1.807, 2.05) is 24.8 Å². The molecule has 0 aliphatic rings. The van der Waals surface area contributed by atoms with Gasteiger partial charge in [-0.05, 0) is 37.3 Å². The molecule has 0 saturated heterocycles. The number of hydrogen-bond acceptors (Lipinski definition) is 4. The van der Waals surface area contributed by atoms with Crippen molar-refractivity contribution in [3.8, 4) is 0 Å². The van der Waals surface area contributed by atoms with Crippen LogP contribution in [0, 0.1) is 0 Å². The van der Waals surface area contributed by atoms with Gasteiger partial charge in [-0.25, -0.2) is 9.97 Å². The number of aromatic nitrogens is 2. The smallest absolute Gasteiger partial charge is 0.115 e. The summed E-state index contributed by atoms with van der Waals surface area (Å²) in [6.45, 7) is 1.82. The van der Waals surface area contributed by atoms with Gasteiger partial charge >= 0.3 is 0 Å². The standard InChI is InChI=1S/C10H16N2OS/c1-9(13)3-6-14-7-4-10-2-5-11-8-12-10/h2,5,8-9,13H,3-4,6-7H2,1H3. The molecule has 1 aromatic heterocycles. The van der Waals surface area contributed by atoms with Crippen LogP contribution in [-0.2, 0) is 6.42 Å². The van der Waals surface area contributed by atoms with E-state index in [1.165, 1.54) is 0 Å². The van der Waals surface area contributed by atoms with Crippen LogP contribution in [0.3, 0.4) is 0 Å². The predicted octanol–water partition coefficient (Wildman–Crippen LogP) is 1.52. The molecule has 1 rings (SSSR count). The van der Waals surface area contributed by atoms with Crippen LogP contribution in [0.25, 0.3) is 0 Å². The van der Waals surface area contributed by atoms with Crippen molar-refractivity contribution < 1.29 is 5.11 Å². The highest BCUT2D eigenvalue weighted by Gasteiger charge is 1.97. The molecule has 4 heteroatoms. The monoisotopic (exact) mass is 212 g/mol. The third-order valence-corrected chi connectivity index (χ3v) is 2.84. The SMILES string of the molecule is CC(O)CCSCCc1ccncn1. The van der Waals surface area contributed by atoms with Gasteiger partial charge < -0.3 is 5.11 Å². The minimum atomic E-state index is -0.179. The number of aryl methyl sites for hydroxylation is 1. The molecular formula is C10H16N2OS. The van der Waals surface area contributed by atoms with Gasteiger partial charge in [0.15, 0.2) is 0 Å². The predicted molar refractivity (Wildman–Crippen MR) is 59.4 cm³/mol. The minimum absolute atomic E-state index is 0.179.